The zero-order valence-electron chi connectivity index (χ0n) is 10.9. The normalized spacial score (nSPS) is 13.3. The van der Waals surface area contributed by atoms with Gasteiger partial charge in [-0.05, 0) is 17.7 Å². The van der Waals surface area contributed by atoms with Gasteiger partial charge in [0.2, 0.25) is 5.88 Å². The second-order valence-electron chi connectivity index (χ2n) is 4.37. The van der Waals surface area contributed by atoms with Crippen LogP contribution in [-0.4, -0.2) is 24.2 Å². The average molecular weight is 270 g/mol. The van der Waals surface area contributed by atoms with Gasteiger partial charge in [-0.3, -0.25) is 4.90 Å². The van der Waals surface area contributed by atoms with Crippen molar-refractivity contribution in [1.82, 2.24) is 4.98 Å². The Hall–Kier alpha value is -2.56. The molecule has 5 heteroatoms. The maximum Gasteiger partial charge on any atom is 0.414 e. The summed E-state index contributed by atoms with van der Waals surface area (Å²) in [6.07, 6.45) is 1.25. The van der Waals surface area contributed by atoms with Crippen molar-refractivity contribution in [2.45, 2.75) is 6.61 Å². The van der Waals surface area contributed by atoms with E-state index in [1.54, 1.807) is 23.2 Å². The summed E-state index contributed by atoms with van der Waals surface area (Å²) in [7, 11) is 0. The number of amides is 1. The second-order valence-corrected chi connectivity index (χ2v) is 4.37. The second kappa shape index (κ2) is 5.61. The molecule has 0 spiro atoms. The molecule has 2 heterocycles. The van der Waals surface area contributed by atoms with Gasteiger partial charge >= 0.3 is 6.09 Å². The van der Waals surface area contributed by atoms with E-state index in [4.69, 9.17) is 9.47 Å². The number of aromatic nitrogens is 1. The third-order valence-corrected chi connectivity index (χ3v) is 3.02. The summed E-state index contributed by atoms with van der Waals surface area (Å²) in [5.74, 6) is 0.468. The molecule has 20 heavy (non-hydrogen) atoms. The average Bonchev–Trinajstić information content (AvgIpc) is 2.53. The molecule has 1 amide bonds. The van der Waals surface area contributed by atoms with Crippen LogP contribution in [0.2, 0.25) is 0 Å². The summed E-state index contributed by atoms with van der Waals surface area (Å²) in [6.45, 7) is 1.14. The highest BCUT2D eigenvalue weighted by Crippen LogP contribution is 2.29. The summed E-state index contributed by atoms with van der Waals surface area (Å²) < 4.78 is 10.7. The van der Waals surface area contributed by atoms with Gasteiger partial charge in [-0.1, -0.05) is 30.3 Å². The highest BCUT2D eigenvalue weighted by molar-refractivity contribution is 5.89. The number of fused-ring (bicyclic) bond motifs is 1. The van der Waals surface area contributed by atoms with E-state index in [9.17, 15) is 4.79 Å². The number of anilines is 1. The first-order valence-corrected chi connectivity index (χ1v) is 6.40. The van der Waals surface area contributed by atoms with E-state index in [0.29, 0.717) is 24.7 Å². The zero-order valence-corrected chi connectivity index (χ0v) is 10.9. The molecule has 0 saturated heterocycles. The molecule has 3 rings (SSSR count). The molecule has 1 aliphatic heterocycles. The number of hydrogen-bond donors (Lipinski definition) is 0. The molecular formula is C15H14N2O3. The molecule has 1 aromatic carbocycles. The smallest absolute Gasteiger partial charge is 0.414 e. The van der Waals surface area contributed by atoms with Crippen LogP contribution in [0.1, 0.15) is 5.56 Å². The molecule has 0 fully saturated rings. The lowest BCUT2D eigenvalue weighted by atomic mass is 10.2. The first-order valence-electron chi connectivity index (χ1n) is 6.40. The molecule has 2 aromatic rings. The van der Waals surface area contributed by atoms with Crippen LogP contribution >= 0.6 is 0 Å². The minimum absolute atomic E-state index is 0.257. The standard InChI is InChI=1S/C15H14N2O3/c18-15(20-11-12-5-2-1-3-6-12)17-9-10-19-14-13(17)7-4-8-16-14/h1-8H,9-11H2. The number of hydrogen-bond acceptors (Lipinski definition) is 4. The van der Waals surface area contributed by atoms with Crippen molar-refractivity contribution in [3.63, 3.8) is 0 Å². The van der Waals surface area contributed by atoms with Crippen molar-refractivity contribution >= 4 is 11.8 Å². The highest BCUT2D eigenvalue weighted by Gasteiger charge is 2.25. The van der Waals surface area contributed by atoms with Crippen molar-refractivity contribution in [1.29, 1.82) is 0 Å². The first kappa shape index (κ1) is 12.5. The Balaban J connectivity index is 1.69. The summed E-state index contributed by atoms with van der Waals surface area (Å²) in [4.78, 5) is 17.8. The maximum absolute atomic E-state index is 12.2. The lowest BCUT2D eigenvalue weighted by molar-refractivity contribution is 0.143. The molecule has 1 aliphatic rings. The summed E-state index contributed by atoms with van der Waals surface area (Å²) in [6, 6.07) is 13.2. The van der Waals surface area contributed by atoms with E-state index in [0.717, 1.165) is 5.56 Å². The summed E-state index contributed by atoms with van der Waals surface area (Å²) >= 11 is 0. The van der Waals surface area contributed by atoms with Crippen molar-refractivity contribution in [2.24, 2.45) is 0 Å². The van der Waals surface area contributed by atoms with Crippen molar-refractivity contribution in [2.75, 3.05) is 18.1 Å². The minimum Gasteiger partial charge on any atom is -0.474 e. The quantitative estimate of drug-likeness (QED) is 0.841. The van der Waals surface area contributed by atoms with E-state index in [1.165, 1.54) is 0 Å². The molecule has 0 saturated carbocycles. The van der Waals surface area contributed by atoms with Crippen LogP contribution in [0.5, 0.6) is 5.88 Å². The van der Waals surface area contributed by atoms with Gasteiger partial charge in [-0.25, -0.2) is 9.78 Å². The Kier molecular flexibility index (Phi) is 3.50. The number of nitrogens with zero attached hydrogens (tertiary/aromatic N) is 2. The predicted octanol–water partition coefficient (Wildman–Crippen LogP) is 2.62. The molecular weight excluding hydrogens is 256 g/mol. The number of rotatable bonds is 2. The number of ether oxygens (including phenoxy) is 2. The Morgan fingerprint density at radius 3 is 2.95 bits per heavy atom. The van der Waals surface area contributed by atoms with Crippen LogP contribution in [0.25, 0.3) is 0 Å². The van der Waals surface area contributed by atoms with Crippen LogP contribution in [0.15, 0.2) is 48.7 Å². The highest BCUT2D eigenvalue weighted by atomic mass is 16.6. The van der Waals surface area contributed by atoms with Crippen molar-refractivity contribution < 1.29 is 14.3 Å². The molecule has 0 bridgehead atoms. The molecule has 0 aliphatic carbocycles. The zero-order chi connectivity index (χ0) is 13.8. The first-order chi connectivity index (χ1) is 9.84. The fourth-order valence-corrected chi connectivity index (χ4v) is 2.04. The lowest BCUT2D eigenvalue weighted by Crippen LogP contribution is -2.38. The summed E-state index contributed by atoms with van der Waals surface area (Å²) in [5, 5.41) is 0. The van der Waals surface area contributed by atoms with Gasteiger partial charge < -0.3 is 9.47 Å². The van der Waals surface area contributed by atoms with Gasteiger partial charge in [0.25, 0.3) is 0 Å². The van der Waals surface area contributed by atoms with Gasteiger partial charge in [0, 0.05) is 6.20 Å². The van der Waals surface area contributed by atoms with E-state index in [-0.39, 0.29) is 12.7 Å². The molecule has 102 valence electrons. The number of pyridine rings is 1. The minimum atomic E-state index is -0.383. The molecule has 0 N–H and O–H groups in total. The van der Waals surface area contributed by atoms with Gasteiger partial charge in [-0.15, -0.1) is 0 Å². The van der Waals surface area contributed by atoms with Crippen LogP contribution in [0, 0.1) is 0 Å². The Morgan fingerprint density at radius 1 is 1.25 bits per heavy atom. The third-order valence-electron chi connectivity index (χ3n) is 3.02. The monoisotopic (exact) mass is 270 g/mol. The fourth-order valence-electron chi connectivity index (χ4n) is 2.04. The van der Waals surface area contributed by atoms with Gasteiger partial charge in [0.05, 0.1) is 6.54 Å². The lowest BCUT2D eigenvalue weighted by Gasteiger charge is -2.27. The van der Waals surface area contributed by atoms with Gasteiger partial charge in [0.15, 0.2) is 0 Å². The van der Waals surface area contributed by atoms with Crippen LogP contribution in [0.3, 0.4) is 0 Å². The molecule has 0 unspecified atom stereocenters. The Morgan fingerprint density at radius 2 is 2.10 bits per heavy atom. The Labute approximate surface area is 116 Å². The van der Waals surface area contributed by atoms with E-state index in [2.05, 4.69) is 4.98 Å². The van der Waals surface area contributed by atoms with E-state index >= 15 is 0 Å². The Bertz CT molecular complexity index is 601. The topological polar surface area (TPSA) is 51.7 Å². The van der Waals surface area contributed by atoms with Crippen LogP contribution in [-0.2, 0) is 11.3 Å². The maximum atomic E-state index is 12.2. The van der Waals surface area contributed by atoms with Crippen molar-refractivity contribution in [3.8, 4) is 5.88 Å². The number of benzene rings is 1. The number of carbonyl (C=O) groups excluding carboxylic acids is 1. The van der Waals surface area contributed by atoms with Gasteiger partial charge in [0.1, 0.15) is 18.9 Å². The molecule has 1 aromatic heterocycles. The summed E-state index contributed by atoms with van der Waals surface area (Å²) in [5.41, 5.74) is 1.61. The van der Waals surface area contributed by atoms with E-state index < -0.39 is 0 Å². The fraction of sp³-hybridized carbons (Fsp3) is 0.200. The van der Waals surface area contributed by atoms with Crippen LogP contribution < -0.4 is 9.64 Å². The number of carbonyl (C=O) groups is 1. The largest absolute Gasteiger partial charge is 0.474 e. The van der Waals surface area contributed by atoms with Crippen molar-refractivity contribution in [3.05, 3.63) is 54.2 Å². The molecule has 0 atom stereocenters. The molecule has 0 radical (unpaired) electrons. The van der Waals surface area contributed by atoms with Crippen LogP contribution in [0.4, 0.5) is 10.5 Å². The SMILES string of the molecule is O=C(OCc1ccccc1)N1CCOc2ncccc21. The van der Waals surface area contributed by atoms with E-state index in [1.807, 2.05) is 30.3 Å². The molecule has 5 nitrogen and oxygen atoms in total. The van der Waals surface area contributed by atoms with Gasteiger partial charge in [-0.2, -0.15) is 0 Å². The third kappa shape index (κ3) is 2.56. The predicted molar refractivity (Wildman–Crippen MR) is 73.7 cm³/mol.